The lowest BCUT2D eigenvalue weighted by molar-refractivity contribution is -0.121. The molecule has 1 amide bonds. The van der Waals surface area contributed by atoms with Crippen molar-refractivity contribution in [2.45, 2.75) is 52.5 Å². The highest BCUT2D eigenvalue weighted by Gasteiger charge is 2.10. The van der Waals surface area contributed by atoms with Crippen LogP contribution in [0.15, 0.2) is 48.5 Å². The second-order valence-electron chi connectivity index (χ2n) is 6.64. The lowest BCUT2D eigenvalue weighted by atomic mass is 10.1. The van der Waals surface area contributed by atoms with Gasteiger partial charge >= 0.3 is 0 Å². The Balaban J connectivity index is 1.79. The number of hydrogen-bond acceptors (Lipinski definition) is 3. The molecule has 0 bridgehead atoms. The summed E-state index contributed by atoms with van der Waals surface area (Å²) in [4.78, 5) is 12.3. The Hall–Kier alpha value is -2.49. The third-order valence-corrected chi connectivity index (χ3v) is 4.36. The molecule has 0 aliphatic rings. The summed E-state index contributed by atoms with van der Waals surface area (Å²) < 4.78 is 11.2. The lowest BCUT2D eigenvalue weighted by Crippen LogP contribution is -2.33. The fourth-order valence-corrected chi connectivity index (χ4v) is 2.96. The van der Waals surface area contributed by atoms with Crippen molar-refractivity contribution in [3.63, 3.8) is 0 Å². The minimum atomic E-state index is 0.0856. The van der Waals surface area contributed by atoms with Crippen molar-refractivity contribution in [3.8, 4) is 11.5 Å². The second-order valence-corrected chi connectivity index (χ2v) is 6.64. The van der Waals surface area contributed by atoms with E-state index in [9.17, 15) is 4.79 Å². The van der Waals surface area contributed by atoms with Gasteiger partial charge in [-0.15, -0.1) is 0 Å². The minimum Gasteiger partial charge on any atom is -0.490 e. The van der Waals surface area contributed by atoms with Crippen LogP contribution < -0.4 is 14.8 Å². The van der Waals surface area contributed by atoms with Crippen molar-refractivity contribution in [2.24, 2.45) is 0 Å². The first kappa shape index (κ1) is 20.8. The number of hydrogen-bond donors (Lipinski definition) is 1. The average molecular weight is 370 g/mol. The Morgan fingerprint density at radius 3 is 2.33 bits per heavy atom. The number of benzene rings is 2. The Morgan fingerprint density at radius 1 is 0.926 bits per heavy atom. The smallest absolute Gasteiger partial charge is 0.220 e. The maximum atomic E-state index is 12.3. The van der Waals surface area contributed by atoms with Crippen LogP contribution in [-0.4, -0.2) is 25.2 Å². The summed E-state index contributed by atoms with van der Waals surface area (Å²) in [6.45, 7) is 7.15. The van der Waals surface area contributed by atoms with Crippen molar-refractivity contribution >= 4 is 5.91 Å². The van der Waals surface area contributed by atoms with Crippen LogP contribution in [0.1, 0.15) is 44.7 Å². The summed E-state index contributed by atoms with van der Waals surface area (Å²) >= 11 is 0. The van der Waals surface area contributed by atoms with Crippen LogP contribution in [0.25, 0.3) is 0 Å². The van der Waals surface area contributed by atoms with E-state index in [-0.39, 0.29) is 11.9 Å². The number of ether oxygens (including phenoxy) is 2. The van der Waals surface area contributed by atoms with E-state index in [1.54, 1.807) is 0 Å². The van der Waals surface area contributed by atoms with E-state index in [0.717, 1.165) is 29.9 Å². The van der Waals surface area contributed by atoms with Crippen molar-refractivity contribution in [1.29, 1.82) is 0 Å². The molecule has 0 aliphatic carbocycles. The lowest BCUT2D eigenvalue weighted by Gasteiger charge is -2.15. The van der Waals surface area contributed by atoms with Gasteiger partial charge in [0.2, 0.25) is 5.91 Å². The second kappa shape index (κ2) is 11.3. The quantitative estimate of drug-likeness (QED) is 0.632. The molecule has 27 heavy (non-hydrogen) atoms. The molecule has 4 heteroatoms. The molecule has 1 unspecified atom stereocenters. The Bertz CT molecular complexity index is 700. The van der Waals surface area contributed by atoms with Crippen molar-refractivity contribution in [3.05, 3.63) is 59.7 Å². The maximum Gasteiger partial charge on any atom is 0.220 e. The highest BCUT2D eigenvalue weighted by atomic mass is 16.5. The van der Waals surface area contributed by atoms with E-state index in [0.29, 0.717) is 26.1 Å². The third-order valence-electron chi connectivity index (χ3n) is 4.36. The molecule has 0 fully saturated rings. The van der Waals surface area contributed by atoms with Gasteiger partial charge in [0.05, 0.1) is 13.2 Å². The van der Waals surface area contributed by atoms with Crippen molar-refractivity contribution in [2.75, 3.05) is 13.2 Å². The molecule has 0 saturated heterocycles. The highest BCUT2D eigenvalue weighted by Crippen LogP contribution is 2.29. The van der Waals surface area contributed by atoms with Crippen molar-refractivity contribution < 1.29 is 14.3 Å². The molecule has 0 spiro atoms. The van der Waals surface area contributed by atoms with E-state index < -0.39 is 0 Å². The van der Waals surface area contributed by atoms with Gasteiger partial charge < -0.3 is 14.8 Å². The molecule has 146 valence electrons. The largest absolute Gasteiger partial charge is 0.490 e. The zero-order valence-electron chi connectivity index (χ0n) is 16.7. The molecule has 0 radical (unpaired) electrons. The van der Waals surface area contributed by atoms with Crippen LogP contribution in [0.5, 0.6) is 11.5 Å². The Morgan fingerprint density at radius 2 is 1.63 bits per heavy atom. The summed E-state index contributed by atoms with van der Waals surface area (Å²) in [6, 6.07) is 16.4. The molecule has 0 aromatic heterocycles. The van der Waals surface area contributed by atoms with Crippen LogP contribution >= 0.6 is 0 Å². The van der Waals surface area contributed by atoms with Crippen LogP contribution in [0, 0.1) is 0 Å². The topological polar surface area (TPSA) is 47.6 Å². The van der Waals surface area contributed by atoms with Gasteiger partial charge in [0.15, 0.2) is 11.5 Å². The standard InChI is InChI=1S/C23H31NO3/c1-4-26-21-15-13-20(17-22(21)27-5-2)14-16-23(25)24-18(3)11-12-19-9-7-6-8-10-19/h6-10,13,15,17-18H,4-5,11-12,14,16H2,1-3H3,(H,24,25). The van der Waals surface area contributed by atoms with Gasteiger partial charge in [0.25, 0.3) is 0 Å². The van der Waals surface area contributed by atoms with Crippen LogP contribution in [-0.2, 0) is 17.6 Å². The van der Waals surface area contributed by atoms with Gasteiger partial charge in [0, 0.05) is 12.5 Å². The molecular weight excluding hydrogens is 338 g/mol. The van der Waals surface area contributed by atoms with E-state index in [1.807, 2.05) is 50.2 Å². The molecule has 0 aliphatic heterocycles. The third kappa shape index (κ3) is 7.33. The van der Waals surface area contributed by atoms with Crippen molar-refractivity contribution in [1.82, 2.24) is 5.32 Å². The van der Waals surface area contributed by atoms with Crippen LogP contribution in [0.3, 0.4) is 0 Å². The summed E-state index contributed by atoms with van der Waals surface area (Å²) in [6.07, 6.45) is 3.06. The molecule has 2 aromatic rings. The predicted molar refractivity (Wildman–Crippen MR) is 109 cm³/mol. The van der Waals surface area contributed by atoms with Gasteiger partial charge in [-0.1, -0.05) is 36.4 Å². The number of aryl methyl sites for hydroxylation is 2. The Kier molecular flexibility index (Phi) is 8.69. The molecule has 0 heterocycles. The van der Waals surface area contributed by atoms with E-state index in [1.165, 1.54) is 5.56 Å². The molecule has 4 nitrogen and oxygen atoms in total. The molecular formula is C23H31NO3. The van der Waals surface area contributed by atoms with Gasteiger partial charge in [-0.05, 0) is 63.3 Å². The number of amides is 1. The normalized spacial score (nSPS) is 11.7. The van der Waals surface area contributed by atoms with Gasteiger partial charge in [0.1, 0.15) is 0 Å². The highest BCUT2D eigenvalue weighted by molar-refractivity contribution is 5.76. The first-order chi connectivity index (χ1) is 13.1. The van der Waals surface area contributed by atoms with Crippen LogP contribution in [0.2, 0.25) is 0 Å². The van der Waals surface area contributed by atoms with E-state index >= 15 is 0 Å². The van der Waals surface area contributed by atoms with Gasteiger partial charge in [-0.25, -0.2) is 0 Å². The first-order valence-electron chi connectivity index (χ1n) is 9.84. The average Bonchev–Trinajstić information content (AvgIpc) is 2.68. The number of carbonyl (C=O) groups is 1. The summed E-state index contributed by atoms with van der Waals surface area (Å²) in [7, 11) is 0. The fourth-order valence-electron chi connectivity index (χ4n) is 2.96. The molecule has 1 atom stereocenters. The monoisotopic (exact) mass is 369 g/mol. The van der Waals surface area contributed by atoms with E-state index in [2.05, 4.69) is 24.4 Å². The molecule has 2 aromatic carbocycles. The Labute approximate surface area is 162 Å². The summed E-state index contributed by atoms with van der Waals surface area (Å²) in [5.74, 6) is 1.58. The molecule has 1 N–H and O–H groups in total. The zero-order valence-corrected chi connectivity index (χ0v) is 16.7. The number of carbonyl (C=O) groups excluding carboxylic acids is 1. The SMILES string of the molecule is CCOc1ccc(CCC(=O)NC(C)CCc2ccccc2)cc1OCC. The number of nitrogens with one attached hydrogen (secondary N) is 1. The maximum absolute atomic E-state index is 12.3. The minimum absolute atomic E-state index is 0.0856. The van der Waals surface area contributed by atoms with Gasteiger partial charge in [-0.3, -0.25) is 4.79 Å². The zero-order chi connectivity index (χ0) is 19.5. The fraction of sp³-hybridized carbons (Fsp3) is 0.435. The predicted octanol–water partition coefficient (Wildman–Crippen LogP) is 4.55. The first-order valence-corrected chi connectivity index (χ1v) is 9.84. The molecule has 2 rings (SSSR count). The van der Waals surface area contributed by atoms with Gasteiger partial charge in [-0.2, -0.15) is 0 Å². The number of rotatable bonds is 11. The van der Waals surface area contributed by atoms with E-state index in [4.69, 9.17) is 9.47 Å². The molecule has 0 saturated carbocycles. The summed E-state index contributed by atoms with van der Waals surface area (Å²) in [5.41, 5.74) is 2.38. The summed E-state index contributed by atoms with van der Waals surface area (Å²) in [5, 5.41) is 3.10. The van der Waals surface area contributed by atoms with Crippen LogP contribution in [0.4, 0.5) is 0 Å².